The first kappa shape index (κ1) is 13.4. The molecule has 1 nitrogen and oxygen atoms in total. The number of hydrogen-bond donors (Lipinski definition) is 1. The summed E-state index contributed by atoms with van der Waals surface area (Å²) in [6, 6.07) is 2.13. The number of alkyl halides is 3. The van der Waals surface area contributed by atoms with Crippen molar-refractivity contribution in [2.24, 2.45) is 0 Å². The van der Waals surface area contributed by atoms with Gasteiger partial charge in [-0.1, -0.05) is 0 Å². The zero-order valence-corrected chi connectivity index (χ0v) is 9.42. The molecule has 1 aromatic rings. The normalized spacial score (nSPS) is 11.9. The third-order valence-electron chi connectivity index (χ3n) is 1.77. The number of nitrogens with one attached hydrogen (secondary N) is 1. The molecule has 0 aliphatic rings. The molecule has 1 rings (SSSR count). The van der Waals surface area contributed by atoms with Gasteiger partial charge >= 0.3 is 6.18 Å². The second-order valence-electron chi connectivity index (χ2n) is 3.04. The van der Waals surface area contributed by atoms with Crippen LogP contribution in [0.5, 0.6) is 0 Å². The fourth-order valence-corrected chi connectivity index (χ4v) is 1.43. The van der Waals surface area contributed by atoms with Crippen molar-refractivity contribution >= 4 is 15.9 Å². The lowest BCUT2D eigenvalue weighted by molar-refractivity contribution is -0.125. The summed E-state index contributed by atoms with van der Waals surface area (Å²) in [5.41, 5.74) is -0.418. The lowest BCUT2D eigenvalue weighted by atomic mass is 10.2. The van der Waals surface area contributed by atoms with Crippen molar-refractivity contribution in [1.82, 2.24) is 5.32 Å². The van der Waals surface area contributed by atoms with Crippen LogP contribution in [0.2, 0.25) is 0 Å². The number of hydrogen-bond acceptors (Lipinski definition) is 1. The predicted molar refractivity (Wildman–Crippen MR) is 51.8 cm³/mol. The fraction of sp³-hybridized carbons (Fsp3) is 0.333. The van der Waals surface area contributed by atoms with Gasteiger partial charge in [0.05, 0.1) is 11.0 Å². The van der Waals surface area contributed by atoms with Gasteiger partial charge in [-0.2, -0.15) is 13.2 Å². The van der Waals surface area contributed by atoms with E-state index in [2.05, 4.69) is 15.9 Å². The standard InChI is InChI=1S/C9H7BrF5N/c10-6-1-2-7(11)5(8(6)12)3-16-4-9(13,14)15/h1-2,16H,3-4H2. The Kier molecular flexibility index (Phi) is 4.26. The molecule has 0 atom stereocenters. The fourth-order valence-electron chi connectivity index (χ4n) is 1.06. The highest BCUT2D eigenvalue weighted by Crippen LogP contribution is 2.21. The maximum Gasteiger partial charge on any atom is 0.401 e. The highest BCUT2D eigenvalue weighted by atomic mass is 79.9. The Bertz CT molecular complexity index is 377. The van der Waals surface area contributed by atoms with Gasteiger partial charge < -0.3 is 5.32 Å². The molecule has 7 heteroatoms. The van der Waals surface area contributed by atoms with Gasteiger partial charge in [0.1, 0.15) is 11.6 Å². The van der Waals surface area contributed by atoms with E-state index in [0.29, 0.717) is 0 Å². The molecule has 0 saturated carbocycles. The van der Waals surface area contributed by atoms with Crippen LogP contribution in [0.15, 0.2) is 16.6 Å². The first-order valence-electron chi connectivity index (χ1n) is 4.21. The van der Waals surface area contributed by atoms with Gasteiger partial charge in [-0.3, -0.25) is 0 Å². The van der Waals surface area contributed by atoms with Crippen molar-refractivity contribution in [3.63, 3.8) is 0 Å². The molecule has 0 aromatic heterocycles. The van der Waals surface area contributed by atoms with Crippen LogP contribution in [0.4, 0.5) is 22.0 Å². The van der Waals surface area contributed by atoms with Gasteiger partial charge in [-0.05, 0) is 28.1 Å². The van der Waals surface area contributed by atoms with E-state index < -0.39 is 36.5 Å². The van der Waals surface area contributed by atoms with Crippen LogP contribution in [0, 0.1) is 11.6 Å². The summed E-state index contributed by atoms with van der Waals surface area (Å²) in [7, 11) is 0. The summed E-state index contributed by atoms with van der Waals surface area (Å²) in [6.45, 7) is -1.81. The van der Waals surface area contributed by atoms with Crippen molar-refractivity contribution in [1.29, 1.82) is 0 Å². The smallest absolute Gasteiger partial charge is 0.304 e. The maximum atomic E-state index is 13.3. The SMILES string of the molecule is Fc1ccc(Br)c(F)c1CNCC(F)(F)F. The van der Waals surface area contributed by atoms with Gasteiger partial charge in [0.2, 0.25) is 0 Å². The molecule has 16 heavy (non-hydrogen) atoms. The molecule has 1 aromatic carbocycles. The molecule has 0 aliphatic carbocycles. The quantitative estimate of drug-likeness (QED) is 0.667. The van der Waals surface area contributed by atoms with E-state index in [1.54, 1.807) is 0 Å². The van der Waals surface area contributed by atoms with Gasteiger partial charge in [0.15, 0.2) is 0 Å². The second kappa shape index (κ2) is 5.09. The molecule has 0 aliphatic heterocycles. The summed E-state index contributed by atoms with van der Waals surface area (Å²) < 4.78 is 61.7. The third kappa shape index (κ3) is 3.71. The van der Waals surface area contributed by atoms with E-state index in [1.165, 1.54) is 0 Å². The van der Waals surface area contributed by atoms with E-state index in [0.717, 1.165) is 12.1 Å². The van der Waals surface area contributed by atoms with Crippen LogP contribution in [-0.2, 0) is 6.54 Å². The molecule has 0 saturated heterocycles. The monoisotopic (exact) mass is 303 g/mol. The molecule has 90 valence electrons. The van der Waals surface area contributed by atoms with Crippen molar-refractivity contribution < 1.29 is 22.0 Å². The van der Waals surface area contributed by atoms with Crippen LogP contribution in [0.1, 0.15) is 5.56 Å². The minimum Gasteiger partial charge on any atom is -0.304 e. The summed E-state index contributed by atoms with van der Waals surface area (Å²) in [5, 5.41) is 1.92. The minimum absolute atomic E-state index is 0.0118. The first-order chi connectivity index (χ1) is 7.31. The van der Waals surface area contributed by atoms with Crippen LogP contribution in [-0.4, -0.2) is 12.7 Å². The van der Waals surface area contributed by atoms with Crippen LogP contribution < -0.4 is 5.32 Å². The van der Waals surface area contributed by atoms with Crippen molar-refractivity contribution in [3.05, 3.63) is 33.8 Å². The third-order valence-corrected chi connectivity index (χ3v) is 2.38. The molecular formula is C9H7BrF5N. The molecule has 0 amide bonds. The first-order valence-corrected chi connectivity index (χ1v) is 5.00. The van der Waals surface area contributed by atoms with E-state index >= 15 is 0 Å². The van der Waals surface area contributed by atoms with Gasteiger partial charge in [0, 0.05) is 12.1 Å². The van der Waals surface area contributed by atoms with E-state index in [1.807, 2.05) is 5.32 Å². The lowest BCUT2D eigenvalue weighted by Crippen LogP contribution is -2.29. The molecule has 0 spiro atoms. The molecule has 0 radical (unpaired) electrons. The lowest BCUT2D eigenvalue weighted by Gasteiger charge is -2.10. The Morgan fingerprint density at radius 3 is 2.38 bits per heavy atom. The molecule has 0 fully saturated rings. The Morgan fingerprint density at radius 2 is 1.81 bits per heavy atom. The number of halogens is 6. The molecule has 0 heterocycles. The molecule has 0 bridgehead atoms. The minimum atomic E-state index is -4.40. The average Bonchev–Trinajstić information content (AvgIpc) is 2.16. The van der Waals surface area contributed by atoms with Crippen LogP contribution in [0.3, 0.4) is 0 Å². The Hall–Kier alpha value is -0.690. The van der Waals surface area contributed by atoms with E-state index in [4.69, 9.17) is 0 Å². The summed E-state index contributed by atoms with van der Waals surface area (Å²) in [6.07, 6.45) is -4.40. The molecule has 1 N–H and O–H groups in total. The van der Waals surface area contributed by atoms with E-state index in [9.17, 15) is 22.0 Å². The zero-order chi connectivity index (χ0) is 12.3. The van der Waals surface area contributed by atoms with Gasteiger partial charge in [-0.15, -0.1) is 0 Å². The average molecular weight is 304 g/mol. The highest BCUT2D eigenvalue weighted by molar-refractivity contribution is 9.10. The maximum absolute atomic E-state index is 13.3. The van der Waals surface area contributed by atoms with Crippen molar-refractivity contribution in [2.45, 2.75) is 12.7 Å². The van der Waals surface area contributed by atoms with Crippen LogP contribution >= 0.6 is 15.9 Å². The topological polar surface area (TPSA) is 12.0 Å². The van der Waals surface area contributed by atoms with Gasteiger partial charge in [-0.25, -0.2) is 8.78 Å². The molecular weight excluding hydrogens is 297 g/mol. The van der Waals surface area contributed by atoms with Crippen molar-refractivity contribution in [2.75, 3.05) is 6.54 Å². The summed E-state index contributed by atoms with van der Waals surface area (Å²) >= 11 is 2.82. The van der Waals surface area contributed by atoms with E-state index in [-0.39, 0.29) is 4.47 Å². The summed E-state index contributed by atoms with van der Waals surface area (Å²) in [5.74, 6) is -1.77. The zero-order valence-electron chi connectivity index (χ0n) is 7.84. The van der Waals surface area contributed by atoms with Crippen LogP contribution in [0.25, 0.3) is 0 Å². The predicted octanol–water partition coefficient (Wildman–Crippen LogP) is 3.38. The Morgan fingerprint density at radius 1 is 1.19 bits per heavy atom. The summed E-state index contributed by atoms with van der Waals surface area (Å²) in [4.78, 5) is 0. The Labute approximate surface area is 96.8 Å². The number of benzene rings is 1. The number of rotatable bonds is 3. The Balaban J connectivity index is 2.71. The van der Waals surface area contributed by atoms with Crippen molar-refractivity contribution in [3.8, 4) is 0 Å². The second-order valence-corrected chi connectivity index (χ2v) is 3.89. The molecule has 0 unspecified atom stereocenters. The largest absolute Gasteiger partial charge is 0.401 e. The highest BCUT2D eigenvalue weighted by Gasteiger charge is 2.26. The van der Waals surface area contributed by atoms with Gasteiger partial charge in [0.25, 0.3) is 0 Å².